The van der Waals surface area contributed by atoms with E-state index in [4.69, 9.17) is 9.47 Å². The molecule has 0 aliphatic heterocycles. The average molecular weight is 289 g/mol. The molecule has 1 aromatic carbocycles. The first-order chi connectivity index (χ1) is 10.2. The molecule has 6 nitrogen and oxygen atoms in total. The van der Waals surface area contributed by atoms with Crippen LogP contribution < -0.4 is 20.5 Å². The minimum Gasteiger partial charge on any atom is -0.497 e. The van der Waals surface area contributed by atoms with Gasteiger partial charge in [-0.05, 0) is 31.3 Å². The van der Waals surface area contributed by atoms with E-state index < -0.39 is 0 Å². The first-order valence-electron chi connectivity index (χ1n) is 6.60. The Kier molecular flexibility index (Phi) is 4.94. The molecule has 0 fully saturated rings. The van der Waals surface area contributed by atoms with Gasteiger partial charge in [0, 0.05) is 24.5 Å². The van der Waals surface area contributed by atoms with Crippen LogP contribution >= 0.6 is 0 Å². The maximum Gasteiger partial charge on any atom is 0.347 e. The van der Waals surface area contributed by atoms with Crippen LogP contribution in [-0.2, 0) is 6.54 Å². The van der Waals surface area contributed by atoms with Gasteiger partial charge in [-0.3, -0.25) is 4.57 Å². The summed E-state index contributed by atoms with van der Waals surface area (Å²) in [6.07, 6.45) is 3.20. The second kappa shape index (κ2) is 6.90. The normalized spacial score (nSPS) is 12.0. The van der Waals surface area contributed by atoms with Gasteiger partial charge in [0.05, 0.1) is 20.3 Å². The Morgan fingerprint density at radius 1 is 1.33 bits per heavy atom. The highest BCUT2D eigenvalue weighted by molar-refractivity contribution is 5.42. The Bertz CT molecular complexity index is 655. The van der Waals surface area contributed by atoms with Crippen molar-refractivity contribution in [1.82, 2.24) is 14.9 Å². The smallest absolute Gasteiger partial charge is 0.347 e. The summed E-state index contributed by atoms with van der Waals surface area (Å²) in [4.78, 5) is 15.5. The molecule has 1 N–H and O–H groups in total. The summed E-state index contributed by atoms with van der Waals surface area (Å²) in [6, 6.07) is 7.23. The van der Waals surface area contributed by atoms with Gasteiger partial charge in [0.15, 0.2) is 0 Å². The Morgan fingerprint density at radius 3 is 2.76 bits per heavy atom. The summed E-state index contributed by atoms with van der Waals surface area (Å²) in [5.41, 5.74) is 0.648. The fraction of sp³-hybridized carbons (Fsp3) is 0.333. The lowest BCUT2D eigenvalue weighted by Gasteiger charge is -2.20. The predicted molar refractivity (Wildman–Crippen MR) is 79.8 cm³/mol. The molecule has 1 heterocycles. The van der Waals surface area contributed by atoms with E-state index in [9.17, 15) is 4.79 Å². The lowest BCUT2D eigenvalue weighted by Crippen LogP contribution is -2.29. The third kappa shape index (κ3) is 3.41. The predicted octanol–water partition coefficient (Wildman–Crippen LogP) is 1.22. The van der Waals surface area contributed by atoms with Crippen molar-refractivity contribution in [3.63, 3.8) is 0 Å². The standard InChI is InChI=1S/C15H19N3O3/c1-16-13(10-18-8-4-7-17-15(18)19)12-9-11(20-2)5-6-14(12)21-3/h4-9,13,16H,10H2,1-3H3. The van der Waals surface area contributed by atoms with Crippen molar-refractivity contribution in [2.45, 2.75) is 12.6 Å². The zero-order valence-corrected chi connectivity index (χ0v) is 12.4. The van der Waals surface area contributed by atoms with Crippen LogP contribution in [0, 0.1) is 0 Å². The number of ether oxygens (including phenoxy) is 2. The fourth-order valence-electron chi connectivity index (χ4n) is 2.18. The average Bonchev–Trinajstić information content (AvgIpc) is 2.53. The number of benzene rings is 1. The van der Waals surface area contributed by atoms with E-state index in [0.717, 1.165) is 17.1 Å². The number of hydrogen-bond acceptors (Lipinski definition) is 5. The van der Waals surface area contributed by atoms with Crippen LogP contribution in [0.5, 0.6) is 11.5 Å². The molecular weight excluding hydrogens is 270 g/mol. The molecule has 0 amide bonds. The van der Waals surface area contributed by atoms with Crippen molar-refractivity contribution < 1.29 is 9.47 Å². The molecule has 1 atom stereocenters. The molecule has 0 bridgehead atoms. The van der Waals surface area contributed by atoms with Gasteiger partial charge < -0.3 is 14.8 Å². The maximum atomic E-state index is 11.7. The van der Waals surface area contributed by atoms with Crippen molar-refractivity contribution in [2.24, 2.45) is 0 Å². The van der Waals surface area contributed by atoms with E-state index in [1.54, 1.807) is 31.0 Å². The highest BCUT2D eigenvalue weighted by Gasteiger charge is 2.16. The zero-order valence-electron chi connectivity index (χ0n) is 12.4. The SMILES string of the molecule is CNC(Cn1cccnc1=O)c1cc(OC)ccc1OC. The molecule has 2 rings (SSSR count). The number of hydrogen-bond donors (Lipinski definition) is 1. The molecule has 2 aromatic rings. The second-order valence-electron chi connectivity index (χ2n) is 4.50. The molecule has 112 valence electrons. The maximum absolute atomic E-state index is 11.7. The van der Waals surface area contributed by atoms with Gasteiger partial charge in [-0.1, -0.05) is 0 Å². The molecule has 0 saturated carbocycles. The van der Waals surface area contributed by atoms with E-state index in [2.05, 4.69) is 10.3 Å². The molecule has 0 aliphatic carbocycles. The van der Waals surface area contributed by atoms with E-state index in [1.807, 2.05) is 25.2 Å². The van der Waals surface area contributed by atoms with Gasteiger partial charge in [-0.2, -0.15) is 0 Å². The van der Waals surface area contributed by atoms with E-state index in [-0.39, 0.29) is 11.7 Å². The van der Waals surface area contributed by atoms with Gasteiger partial charge in [0.2, 0.25) is 0 Å². The summed E-state index contributed by atoms with van der Waals surface area (Å²) in [5, 5.41) is 3.20. The molecular formula is C15H19N3O3. The lowest BCUT2D eigenvalue weighted by atomic mass is 10.1. The van der Waals surface area contributed by atoms with Gasteiger partial charge in [0.25, 0.3) is 0 Å². The van der Waals surface area contributed by atoms with Crippen molar-refractivity contribution >= 4 is 0 Å². The molecule has 0 radical (unpaired) electrons. The van der Waals surface area contributed by atoms with Gasteiger partial charge in [-0.25, -0.2) is 9.78 Å². The van der Waals surface area contributed by atoms with Crippen LogP contribution in [0.4, 0.5) is 0 Å². The summed E-state index contributed by atoms with van der Waals surface area (Å²) in [7, 11) is 5.07. The van der Waals surface area contributed by atoms with Crippen LogP contribution in [0.1, 0.15) is 11.6 Å². The molecule has 0 spiro atoms. The van der Waals surface area contributed by atoms with Crippen molar-refractivity contribution in [3.05, 3.63) is 52.7 Å². The summed E-state index contributed by atoms with van der Waals surface area (Å²) >= 11 is 0. The number of nitrogens with zero attached hydrogens (tertiary/aromatic N) is 2. The minimum absolute atomic E-state index is 0.100. The number of rotatable bonds is 6. The second-order valence-corrected chi connectivity index (χ2v) is 4.50. The first-order valence-corrected chi connectivity index (χ1v) is 6.60. The van der Waals surface area contributed by atoms with Gasteiger partial charge >= 0.3 is 5.69 Å². The summed E-state index contributed by atoms with van der Waals surface area (Å²) < 4.78 is 12.2. The fourth-order valence-corrected chi connectivity index (χ4v) is 2.18. The third-order valence-corrected chi connectivity index (χ3v) is 3.32. The first kappa shape index (κ1) is 15.1. The van der Waals surface area contributed by atoms with E-state index in [1.165, 1.54) is 6.20 Å². The summed E-state index contributed by atoms with van der Waals surface area (Å²) in [5.74, 6) is 1.48. The Morgan fingerprint density at radius 2 is 2.14 bits per heavy atom. The van der Waals surface area contributed by atoms with Crippen molar-refractivity contribution in [1.29, 1.82) is 0 Å². The van der Waals surface area contributed by atoms with Gasteiger partial charge in [-0.15, -0.1) is 0 Å². The van der Waals surface area contributed by atoms with E-state index >= 15 is 0 Å². The Hall–Kier alpha value is -2.34. The van der Waals surface area contributed by atoms with Crippen LogP contribution in [0.3, 0.4) is 0 Å². The largest absolute Gasteiger partial charge is 0.497 e. The highest BCUT2D eigenvalue weighted by atomic mass is 16.5. The van der Waals surface area contributed by atoms with Crippen LogP contribution in [-0.4, -0.2) is 30.8 Å². The lowest BCUT2D eigenvalue weighted by molar-refractivity contribution is 0.384. The summed E-state index contributed by atoms with van der Waals surface area (Å²) in [6.45, 7) is 0.451. The molecule has 1 aromatic heterocycles. The number of likely N-dealkylation sites (N-methyl/N-ethyl adjacent to an activating group) is 1. The molecule has 1 unspecified atom stereocenters. The molecule has 21 heavy (non-hydrogen) atoms. The number of nitrogens with one attached hydrogen (secondary N) is 1. The Balaban J connectivity index is 2.37. The minimum atomic E-state index is -0.278. The van der Waals surface area contributed by atoms with Crippen molar-refractivity contribution in [3.8, 4) is 11.5 Å². The number of methoxy groups -OCH3 is 2. The Labute approximate surface area is 123 Å². The van der Waals surface area contributed by atoms with Gasteiger partial charge in [0.1, 0.15) is 11.5 Å². The van der Waals surface area contributed by atoms with Crippen LogP contribution in [0.25, 0.3) is 0 Å². The topological polar surface area (TPSA) is 65.4 Å². The molecule has 6 heteroatoms. The quantitative estimate of drug-likeness (QED) is 0.866. The highest BCUT2D eigenvalue weighted by Crippen LogP contribution is 2.29. The van der Waals surface area contributed by atoms with Crippen LogP contribution in [0.2, 0.25) is 0 Å². The number of aromatic nitrogens is 2. The third-order valence-electron chi connectivity index (χ3n) is 3.32. The monoisotopic (exact) mass is 289 g/mol. The van der Waals surface area contributed by atoms with Crippen molar-refractivity contribution in [2.75, 3.05) is 21.3 Å². The zero-order chi connectivity index (χ0) is 15.2. The molecule has 0 aliphatic rings. The van der Waals surface area contributed by atoms with E-state index in [0.29, 0.717) is 6.54 Å². The van der Waals surface area contributed by atoms with Crippen LogP contribution in [0.15, 0.2) is 41.5 Å². The molecule has 0 saturated heterocycles.